The van der Waals surface area contributed by atoms with Gasteiger partial charge in [-0.05, 0) is 39.7 Å². The van der Waals surface area contributed by atoms with Gasteiger partial charge in [-0.1, -0.05) is 30.3 Å². The maximum Gasteiger partial charge on any atom is 0.279 e. The van der Waals surface area contributed by atoms with Gasteiger partial charge in [0.25, 0.3) is 11.8 Å². The molecule has 0 bridgehead atoms. The fourth-order valence-corrected chi connectivity index (χ4v) is 2.91. The summed E-state index contributed by atoms with van der Waals surface area (Å²) in [6, 6.07) is 12.7. The maximum atomic E-state index is 11.7. The second kappa shape index (κ2) is 8.99. The zero-order valence-corrected chi connectivity index (χ0v) is 14.8. The minimum atomic E-state index is -0.527. The largest absolute Gasteiger partial charge is 0.343 e. The van der Waals surface area contributed by atoms with E-state index in [-0.39, 0.29) is 6.54 Å². The molecular weight excluding hydrogens is 394 g/mol. The van der Waals surface area contributed by atoms with Gasteiger partial charge in [0.2, 0.25) is 5.91 Å². The number of nitrogens with one attached hydrogen (secondary N) is 3. The zero-order valence-electron chi connectivity index (χ0n) is 12.4. The van der Waals surface area contributed by atoms with Crippen molar-refractivity contribution < 1.29 is 14.4 Å². The number of carbonyl (C=O) groups excluding carboxylic acids is 3. The van der Waals surface area contributed by atoms with E-state index in [1.54, 1.807) is 18.2 Å². The Kier molecular flexibility index (Phi) is 6.71. The van der Waals surface area contributed by atoms with Crippen LogP contribution in [-0.4, -0.2) is 24.3 Å². The fourth-order valence-electron chi connectivity index (χ4n) is 1.63. The monoisotopic (exact) mass is 407 g/mol. The van der Waals surface area contributed by atoms with E-state index in [9.17, 15) is 14.4 Å². The molecule has 1 heterocycles. The maximum absolute atomic E-state index is 11.7. The highest BCUT2D eigenvalue weighted by Gasteiger charge is 2.09. The van der Waals surface area contributed by atoms with Gasteiger partial charge < -0.3 is 5.32 Å². The molecule has 2 aromatic rings. The number of hydrogen-bond donors (Lipinski definition) is 3. The summed E-state index contributed by atoms with van der Waals surface area (Å²) >= 11 is 4.49. The van der Waals surface area contributed by atoms with Crippen LogP contribution in [0.4, 0.5) is 0 Å². The molecule has 0 fully saturated rings. The average molecular weight is 408 g/mol. The summed E-state index contributed by atoms with van der Waals surface area (Å²) in [6.07, 6.45) is 2.98. The number of carbonyl (C=O) groups is 3. The van der Waals surface area contributed by atoms with E-state index in [1.807, 2.05) is 30.3 Å². The molecular formula is C16H14BrN3O3S. The molecule has 0 saturated heterocycles. The summed E-state index contributed by atoms with van der Waals surface area (Å²) in [5, 5.41) is 2.43. The van der Waals surface area contributed by atoms with Crippen molar-refractivity contribution in [1.29, 1.82) is 0 Å². The van der Waals surface area contributed by atoms with Crippen molar-refractivity contribution in [2.75, 3.05) is 6.54 Å². The Morgan fingerprint density at radius 1 is 1.04 bits per heavy atom. The van der Waals surface area contributed by atoms with Gasteiger partial charge in [-0.15, -0.1) is 11.3 Å². The number of hydrogen-bond acceptors (Lipinski definition) is 4. The molecule has 0 aliphatic carbocycles. The van der Waals surface area contributed by atoms with Crippen LogP contribution in [0.5, 0.6) is 0 Å². The van der Waals surface area contributed by atoms with Crippen molar-refractivity contribution in [3.8, 4) is 0 Å². The lowest BCUT2D eigenvalue weighted by Crippen LogP contribution is -2.46. The quantitative estimate of drug-likeness (QED) is 0.523. The predicted octanol–water partition coefficient (Wildman–Crippen LogP) is 2.10. The number of amides is 3. The Hall–Kier alpha value is -2.45. The van der Waals surface area contributed by atoms with E-state index in [1.165, 1.54) is 17.4 Å². The van der Waals surface area contributed by atoms with Gasteiger partial charge in [-0.25, -0.2) is 0 Å². The van der Waals surface area contributed by atoms with Crippen molar-refractivity contribution in [3.63, 3.8) is 0 Å². The zero-order chi connectivity index (χ0) is 17.4. The summed E-state index contributed by atoms with van der Waals surface area (Å²) < 4.78 is 0.816. The topological polar surface area (TPSA) is 87.3 Å². The van der Waals surface area contributed by atoms with E-state index in [0.717, 1.165) is 9.35 Å². The number of rotatable bonds is 5. The van der Waals surface area contributed by atoms with Crippen LogP contribution in [0.3, 0.4) is 0 Å². The van der Waals surface area contributed by atoms with Gasteiger partial charge in [-0.2, -0.15) is 0 Å². The van der Waals surface area contributed by atoms with Gasteiger partial charge in [0.1, 0.15) is 0 Å². The van der Waals surface area contributed by atoms with E-state index >= 15 is 0 Å². The minimum absolute atomic E-state index is 0.244. The van der Waals surface area contributed by atoms with E-state index in [4.69, 9.17) is 0 Å². The first-order valence-electron chi connectivity index (χ1n) is 6.90. The third-order valence-electron chi connectivity index (χ3n) is 2.76. The van der Waals surface area contributed by atoms with E-state index in [2.05, 4.69) is 32.1 Å². The third kappa shape index (κ3) is 5.98. The molecule has 0 atom stereocenters. The Bertz CT molecular complexity index is 759. The van der Waals surface area contributed by atoms with Gasteiger partial charge >= 0.3 is 0 Å². The van der Waals surface area contributed by atoms with Crippen LogP contribution in [0.1, 0.15) is 15.2 Å². The Morgan fingerprint density at radius 2 is 1.79 bits per heavy atom. The Morgan fingerprint density at radius 3 is 2.46 bits per heavy atom. The highest BCUT2D eigenvalue weighted by Crippen LogP contribution is 2.21. The summed E-state index contributed by atoms with van der Waals surface area (Å²) in [5.41, 5.74) is 5.39. The molecule has 2 rings (SSSR count). The standard InChI is InChI=1S/C16H14BrN3O3S/c17-13-8-7-12(24-13)16(23)20-19-15(22)10-18-14(21)9-6-11-4-2-1-3-5-11/h1-9H,10H2,(H,18,21)(H,19,22)(H,20,23)/b9-6+. The smallest absolute Gasteiger partial charge is 0.279 e. The predicted molar refractivity (Wildman–Crippen MR) is 96.1 cm³/mol. The van der Waals surface area contributed by atoms with E-state index < -0.39 is 17.7 Å². The first-order valence-corrected chi connectivity index (χ1v) is 8.51. The van der Waals surface area contributed by atoms with Crippen LogP contribution in [0.15, 0.2) is 52.3 Å². The van der Waals surface area contributed by atoms with Crippen LogP contribution in [0.2, 0.25) is 0 Å². The molecule has 24 heavy (non-hydrogen) atoms. The highest BCUT2D eigenvalue weighted by atomic mass is 79.9. The normalized spacial score (nSPS) is 10.4. The molecule has 1 aromatic carbocycles. The van der Waals surface area contributed by atoms with Crippen molar-refractivity contribution in [3.05, 3.63) is 62.8 Å². The van der Waals surface area contributed by atoms with Crippen LogP contribution >= 0.6 is 27.3 Å². The fraction of sp³-hybridized carbons (Fsp3) is 0.0625. The molecule has 0 aliphatic rings. The van der Waals surface area contributed by atoms with E-state index in [0.29, 0.717) is 4.88 Å². The van der Waals surface area contributed by atoms with Crippen LogP contribution in [0.25, 0.3) is 6.08 Å². The molecule has 0 spiro atoms. The first-order chi connectivity index (χ1) is 11.5. The first kappa shape index (κ1) is 17.9. The lowest BCUT2D eigenvalue weighted by molar-refractivity contribution is -0.124. The third-order valence-corrected chi connectivity index (χ3v) is 4.38. The average Bonchev–Trinajstić information content (AvgIpc) is 3.03. The molecule has 6 nitrogen and oxygen atoms in total. The molecule has 0 aliphatic heterocycles. The lowest BCUT2D eigenvalue weighted by Gasteiger charge is -2.06. The van der Waals surface area contributed by atoms with Crippen molar-refractivity contribution in [2.45, 2.75) is 0 Å². The van der Waals surface area contributed by atoms with Gasteiger partial charge in [-0.3, -0.25) is 25.2 Å². The van der Waals surface area contributed by atoms with Crippen LogP contribution in [-0.2, 0) is 9.59 Å². The SMILES string of the molecule is O=C(/C=C/c1ccccc1)NCC(=O)NNC(=O)c1ccc(Br)s1. The Labute approximate surface area is 151 Å². The summed E-state index contributed by atoms with van der Waals surface area (Å²) in [5.74, 6) is -1.35. The van der Waals surface area contributed by atoms with Gasteiger partial charge in [0, 0.05) is 6.08 Å². The number of thiophene rings is 1. The highest BCUT2D eigenvalue weighted by molar-refractivity contribution is 9.11. The van der Waals surface area contributed by atoms with Crippen molar-refractivity contribution >= 4 is 51.1 Å². The second-order valence-electron chi connectivity index (χ2n) is 4.57. The molecule has 3 N–H and O–H groups in total. The van der Waals surface area contributed by atoms with Crippen LogP contribution in [0, 0.1) is 0 Å². The van der Waals surface area contributed by atoms with Gasteiger partial charge in [0.05, 0.1) is 15.2 Å². The molecule has 124 valence electrons. The number of benzene rings is 1. The number of halogens is 1. The summed E-state index contributed by atoms with van der Waals surface area (Å²) in [4.78, 5) is 35.4. The molecule has 0 saturated carbocycles. The lowest BCUT2D eigenvalue weighted by atomic mass is 10.2. The molecule has 1 aromatic heterocycles. The van der Waals surface area contributed by atoms with Crippen molar-refractivity contribution in [2.24, 2.45) is 0 Å². The number of hydrazine groups is 1. The van der Waals surface area contributed by atoms with Gasteiger partial charge in [0.15, 0.2) is 0 Å². The molecule has 0 radical (unpaired) electrons. The minimum Gasteiger partial charge on any atom is -0.343 e. The summed E-state index contributed by atoms with van der Waals surface area (Å²) in [6.45, 7) is -0.244. The Balaban J connectivity index is 1.70. The molecule has 3 amide bonds. The second-order valence-corrected chi connectivity index (χ2v) is 7.03. The summed E-state index contributed by atoms with van der Waals surface area (Å²) in [7, 11) is 0. The van der Waals surface area contributed by atoms with Crippen molar-refractivity contribution in [1.82, 2.24) is 16.2 Å². The van der Waals surface area contributed by atoms with Crippen LogP contribution < -0.4 is 16.2 Å². The molecule has 8 heteroatoms. The molecule has 0 unspecified atom stereocenters.